The first kappa shape index (κ1) is 18.4. The van der Waals surface area contributed by atoms with Crippen molar-refractivity contribution in [3.8, 4) is 17.2 Å². The molecule has 1 N–H and O–H groups in total. The van der Waals surface area contributed by atoms with Gasteiger partial charge in [0.25, 0.3) is 5.91 Å². The van der Waals surface area contributed by atoms with Crippen molar-refractivity contribution in [3.63, 3.8) is 0 Å². The summed E-state index contributed by atoms with van der Waals surface area (Å²) < 4.78 is 16.9. The molecular weight excluding hydrogens is 354 g/mol. The number of ether oxygens (including phenoxy) is 3. The standard InChI is InChI=1S/C20H22ClNO4/c1-14-5-2-6-16(11-14)24-8-3-7-22-20(23)15-12-17(21)19-18(13-15)25-9-4-10-26-19/h2,5-6,11-13H,3-4,7-10H2,1H3,(H,22,23). The monoisotopic (exact) mass is 375 g/mol. The molecule has 0 fully saturated rings. The Morgan fingerprint density at radius 2 is 2.08 bits per heavy atom. The van der Waals surface area contributed by atoms with Crippen LogP contribution in [0.25, 0.3) is 0 Å². The van der Waals surface area contributed by atoms with Crippen LogP contribution in [0.4, 0.5) is 0 Å². The van der Waals surface area contributed by atoms with E-state index in [0.29, 0.717) is 54.9 Å². The molecule has 0 aliphatic carbocycles. The maximum atomic E-state index is 12.3. The van der Waals surface area contributed by atoms with E-state index in [2.05, 4.69) is 5.32 Å². The van der Waals surface area contributed by atoms with Gasteiger partial charge in [-0.15, -0.1) is 0 Å². The van der Waals surface area contributed by atoms with Gasteiger partial charge in [-0.25, -0.2) is 0 Å². The molecule has 1 heterocycles. The lowest BCUT2D eigenvalue weighted by atomic mass is 10.2. The number of hydrogen-bond acceptors (Lipinski definition) is 4. The van der Waals surface area contributed by atoms with Gasteiger partial charge in [0.2, 0.25) is 0 Å². The second kappa shape index (κ2) is 8.81. The largest absolute Gasteiger partial charge is 0.494 e. The van der Waals surface area contributed by atoms with Crippen LogP contribution in [-0.2, 0) is 0 Å². The Bertz CT molecular complexity index is 778. The van der Waals surface area contributed by atoms with Crippen molar-refractivity contribution < 1.29 is 19.0 Å². The van der Waals surface area contributed by atoms with Crippen LogP contribution in [0, 0.1) is 6.92 Å². The molecule has 6 heteroatoms. The quantitative estimate of drug-likeness (QED) is 0.775. The van der Waals surface area contributed by atoms with E-state index in [1.807, 2.05) is 31.2 Å². The number of benzene rings is 2. The number of nitrogens with one attached hydrogen (secondary N) is 1. The highest BCUT2D eigenvalue weighted by Crippen LogP contribution is 2.37. The number of hydrogen-bond donors (Lipinski definition) is 1. The first-order valence-electron chi connectivity index (χ1n) is 8.70. The second-order valence-electron chi connectivity index (χ2n) is 6.11. The smallest absolute Gasteiger partial charge is 0.251 e. The zero-order valence-corrected chi connectivity index (χ0v) is 15.5. The van der Waals surface area contributed by atoms with Crippen LogP contribution in [0.1, 0.15) is 28.8 Å². The van der Waals surface area contributed by atoms with Crippen LogP contribution in [-0.4, -0.2) is 32.3 Å². The zero-order valence-electron chi connectivity index (χ0n) is 14.7. The molecule has 0 saturated carbocycles. The third-order valence-electron chi connectivity index (χ3n) is 3.93. The number of amides is 1. The van der Waals surface area contributed by atoms with Gasteiger partial charge in [0.15, 0.2) is 11.5 Å². The number of carbonyl (C=O) groups is 1. The number of rotatable bonds is 6. The van der Waals surface area contributed by atoms with Crippen molar-refractivity contribution >= 4 is 17.5 Å². The Hall–Kier alpha value is -2.40. The van der Waals surface area contributed by atoms with Gasteiger partial charge in [-0.2, -0.15) is 0 Å². The van der Waals surface area contributed by atoms with Crippen molar-refractivity contribution in [2.45, 2.75) is 19.8 Å². The van der Waals surface area contributed by atoms with Gasteiger partial charge in [0.1, 0.15) is 5.75 Å². The molecular formula is C20H22ClNO4. The molecule has 138 valence electrons. The van der Waals surface area contributed by atoms with Crippen molar-refractivity contribution in [1.29, 1.82) is 0 Å². The summed E-state index contributed by atoms with van der Waals surface area (Å²) in [6.45, 7) is 4.17. The summed E-state index contributed by atoms with van der Waals surface area (Å²) in [4.78, 5) is 12.3. The summed E-state index contributed by atoms with van der Waals surface area (Å²) in [5.41, 5.74) is 1.61. The average molecular weight is 376 g/mol. The molecule has 0 aromatic heterocycles. The van der Waals surface area contributed by atoms with E-state index in [4.69, 9.17) is 25.8 Å². The molecule has 1 amide bonds. The highest BCUT2D eigenvalue weighted by molar-refractivity contribution is 6.32. The van der Waals surface area contributed by atoms with Gasteiger partial charge >= 0.3 is 0 Å². The first-order valence-corrected chi connectivity index (χ1v) is 9.08. The molecule has 1 aliphatic rings. The van der Waals surface area contributed by atoms with Gasteiger partial charge in [0, 0.05) is 18.5 Å². The van der Waals surface area contributed by atoms with Crippen LogP contribution in [0.5, 0.6) is 17.2 Å². The fraction of sp³-hybridized carbons (Fsp3) is 0.350. The highest BCUT2D eigenvalue weighted by atomic mass is 35.5. The summed E-state index contributed by atoms with van der Waals surface area (Å²) in [6.07, 6.45) is 1.49. The SMILES string of the molecule is Cc1cccc(OCCCNC(=O)c2cc(Cl)c3c(c2)OCCCO3)c1. The minimum Gasteiger partial charge on any atom is -0.494 e. The summed E-state index contributed by atoms with van der Waals surface area (Å²) in [7, 11) is 0. The molecule has 2 aromatic carbocycles. The van der Waals surface area contributed by atoms with Crippen LogP contribution in [0.15, 0.2) is 36.4 Å². The number of aryl methyl sites for hydroxylation is 1. The van der Waals surface area contributed by atoms with Crippen molar-refractivity contribution in [1.82, 2.24) is 5.32 Å². The zero-order chi connectivity index (χ0) is 18.4. The minimum absolute atomic E-state index is 0.196. The molecule has 26 heavy (non-hydrogen) atoms. The molecule has 3 rings (SSSR count). The molecule has 0 spiro atoms. The predicted molar refractivity (Wildman–Crippen MR) is 101 cm³/mol. The minimum atomic E-state index is -0.196. The number of carbonyl (C=O) groups excluding carboxylic acids is 1. The van der Waals surface area contributed by atoms with E-state index in [9.17, 15) is 4.79 Å². The molecule has 1 aliphatic heterocycles. The van der Waals surface area contributed by atoms with E-state index < -0.39 is 0 Å². The maximum Gasteiger partial charge on any atom is 0.251 e. The molecule has 0 radical (unpaired) electrons. The molecule has 5 nitrogen and oxygen atoms in total. The van der Waals surface area contributed by atoms with E-state index in [0.717, 1.165) is 17.7 Å². The van der Waals surface area contributed by atoms with Gasteiger partial charge in [-0.3, -0.25) is 4.79 Å². The topological polar surface area (TPSA) is 56.8 Å². The molecule has 0 saturated heterocycles. The van der Waals surface area contributed by atoms with E-state index in [-0.39, 0.29) is 5.91 Å². The van der Waals surface area contributed by atoms with Gasteiger partial charge in [0.05, 0.1) is 24.8 Å². The lowest BCUT2D eigenvalue weighted by Crippen LogP contribution is -2.25. The summed E-state index contributed by atoms with van der Waals surface area (Å²) in [6, 6.07) is 11.2. The fourth-order valence-electron chi connectivity index (χ4n) is 2.63. The number of fused-ring (bicyclic) bond motifs is 1. The van der Waals surface area contributed by atoms with Crippen LogP contribution < -0.4 is 19.5 Å². The normalized spacial score (nSPS) is 13.0. The fourth-order valence-corrected chi connectivity index (χ4v) is 2.90. The summed E-state index contributed by atoms with van der Waals surface area (Å²) in [5, 5.41) is 3.26. The van der Waals surface area contributed by atoms with Crippen LogP contribution in [0.2, 0.25) is 5.02 Å². The second-order valence-corrected chi connectivity index (χ2v) is 6.52. The van der Waals surface area contributed by atoms with Crippen molar-refractivity contribution in [3.05, 3.63) is 52.5 Å². The Balaban J connectivity index is 1.49. The summed E-state index contributed by atoms with van der Waals surface area (Å²) in [5.74, 6) is 1.67. The van der Waals surface area contributed by atoms with Gasteiger partial charge in [-0.1, -0.05) is 23.7 Å². The summed E-state index contributed by atoms with van der Waals surface area (Å²) >= 11 is 6.22. The first-order chi connectivity index (χ1) is 12.6. The van der Waals surface area contributed by atoms with Crippen LogP contribution >= 0.6 is 11.6 Å². The third kappa shape index (κ3) is 4.82. The molecule has 2 aromatic rings. The van der Waals surface area contributed by atoms with Gasteiger partial charge in [-0.05, 0) is 43.2 Å². The van der Waals surface area contributed by atoms with E-state index >= 15 is 0 Å². The Morgan fingerprint density at radius 1 is 1.23 bits per heavy atom. The molecule has 0 unspecified atom stereocenters. The Morgan fingerprint density at radius 3 is 2.92 bits per heavy atom. The molecule has 0 bridgehead atoms. The third-order valence-corrected chi connectivity index (χ3v) is 4.21. The van der Waals surface area contributed by atoms with Crippen molar-refractivity contribution in [2.24, 2.45) is 0 Å². The van der Waals surface area contributed by atoms with Gasteiger partial charge < -0.3 is 19.5 Å². The lowest BCUT2D eigenvalue weighted by molar-refractivity contribution is 0.0951. The van der Waals surface area contributed by atoms with Crippen molar-refractivity contribution in [2.75, 3.05) is 26.4 Å². The van der Waals surface area contributed by atoms with E-state index in [1.165, 1.54) is 0 Å². The maximum absolute atomic E-state index is 12.3. The number of halogens is 1. The Labute approximate surface area is 158 Å². The lowest BCUT2D eigenvalue weighted by Gasteiger charge is -2.12. The Kier molecular flexibility index (Phi) is 6.23. The predicted octanol–water partition coefficient (Wildman–Crippen LogP) is 4.01. The molecule has 0 atom stereocenters. The van der Waals surface area contributed by atoms with Crippen LogP contribution in [0.3, 0.4) is 0 Å². The van der Waals surface area contributed by atoms with E-state index in [1.54, 1.807) is 12.1 Å². The highest BCUT2D eigenvalue weighted by Gasteiger charge is 2.18. The average Bonchev–Trinajstić information content (AvgIpc) is 2.87.